The number of fused-ring (bicyclic) bond motifs is 1. The minimum atomic E-state index is -0.254. The van der Waals surface area contributed by atoms with E-state index in [9.17, 15) is 9.59 Å². The van der Waals surface area contributed by atoms with Crippen LogP contribution >= 0.6 is 0 Å². The number of amides is 1. The Morgan fingerprint density at radius 3 is 2.83 bits per heavy atom. The van der Waals surface area contributed by atoms with Gasteiger partial charge in [0.25, 0.3) is 5.91 Å². The van der Waals surface area contributed by atoms with E-state index in [-0.39, 0.29) is 24.3 Å². The minimum Gasteiger partial charge on any atom is -0.487 e. The third-order valence-electron chi connectivity index (χ3n) is 4.60. The van der Waals surface area contributed by atoms with Gasteiger partial charge in [-0.15, -0.1) is 0 Å². The Morgan fingerprint density at radius 2 is 2.03 bits per heavy atom. The Kier molecular flexibility index (Phi) is 7.06. The fraction of sp³-hybridized carbons (Fsp3) is 0.348. The van der Waals surface area contributed by atoms with E-state index in [4.69, 9.17) is 9.47 Å². The Hall–Kier alpha value is -3.35. The van der Waals surface area contributed by atoms with E-state index < -0.39 is 0 Å². The Balaban J connectivity index is 1.55. The highest BCUT2D eigenvalue weighted by Crippen LogP contribution is 2.16. The molecule has 1 amide bonds. The Morgan fingerprint density at radius 1 is 1.20 bits per heavy atom. The van der Waals surface area contributed by atoms with Crippen molar-refractivity contribution in [2.75, 3.05) is 6.61 Å². The summed E-state index contributed by atoms with van der Waals surface area (Å²) in [6, 6.07) is 10.9. The molecular formula is C23H27N3O4. The predicted octanol–water partition coefficient (Wildman–Crippen LogP) is 3.68. The van der Waals surface area contributed by atoms with Gasteiger partial charge in [0, 0.05) is 30.4 Å². The van der Waals surface area contributed by atoms with Crippen molar-refractivity contribution in [3.05, 3.63) is 65.6 Å². The first-order valence-corrected chi connectivity index (χ1v) is 10.1. The number of carbonyl (C=O) groups is 2. The topological polar surface area (TPSA) is 81.9 Å². The number of imidazole rings is 1. The van der Waals surface area contributed by atoms with Gasteiger partial charge in [-0.3, -0.25) is 9.59 Å². The van der Waals surface area contributed by atoms with Gasteiger partial charge in [-0.25, -0.2) is 4.98 Å². The number of benzene rings is 1. The lowest BCUT2D eigenvalue weighted by atomic mass is 10.1. The van der Waals surface area contributed by atoms with Crippen molar-refractivity contribution in [1.82, 2.24) is 14.7 Å². The normalized spacial score (nSPS) is 11.8. The number of esters is 1. The van der Waals surface area contributed by atoms with Crippen LogP contribution in [-0.4, -0.2) is 33.9 Å². The largest absolute Gasteiger partial charge is 0.487 e. The maximum Gasteiger partial charge on any atom is 0.305 e. The van der Waals surface area contributed by atoms with Crippen LogP contribution in [0.2, 0.25) is 0 Å². The van der Waals surface area contributed by atoms with E-state index in [0.717, 1.165) is 16.9 Å². The average Bonchev–Trinajstić information content (AvgIpc) is 3.13. The number of carbonyl (C=O) groups excluding carboxylic acids is 2. The molecule has 1 atom stereocenters. The van der Waals surface area contributed by atoms with Gasteiger partial charge in [-0.2, -0.15) is 0 Å². The van der Waals surface area contributed by atoms with Crippen LogP contribution in [0.4, 0.5) is 0 Å². The summed E-state index contributed by atoms with van der Waals surface area (Å²) in [5, 5.41) is 2.90. The molecule has 0 spiro atoms. The summed E-state index contributed by atoms with van der Waals surface area (Å²) in [6.07, 6.45) is 4.75. The van der Waals surface area contributed by atoms with Gasteiger partial charge in [-0.05, 0) is 57.0 Å². The summed E-state index contributed by atoms with van der Waals surface area (Å²) < 4.78 is 12.7. The highest BCUT2D eigenvalue weighted by Gasteiger charge is 2.13. The molecule has 0 aliphatic rings. The summed E-state index contributed by atoms with van der Waals surface area (Å²) >= 11 is 0. The Labute approximate surface area is 176 Å². The third kappa shape index (κ3) is 5.83. The number of rotatable bonds is 9. The summed E-state index contributed by atoms with van der Waals surface area (Å²) in [5.41, 5.74) is 3.33. The molecular weight excluding hydrogens is 382 g/mol. The number of pyridine rings is 1. The zero-order chi connectivity index (χ0) is 21.5. The van der Waals surface area contributed by atoms with Gasteiger partial charge in [0.2, 0.25) is 0 Å². The van der Waals surface area contributed by atoms with Crippen LogP contribution in [0, 0.1) is 6.92 Å². The van der Waals surface area contributed by atoms with Crippen molar-refractivity contribution in [3.63, 3.8) is 0 Å². The van der Waals surface area contributed by atoms with Crippen LogP contribution in [0.1, 0.15) is 48.3 Å². The number of nitrogens with zero attached hydrogens (tertiary/aromatic N) is 2. The highest BCUT2D eigenvalue weighted by molar-refractivity contribution is 5.94. The van der Waals surface area contributed by atoms with Crippen LogP contribution in [0.5, 0.6) is 5.75 Å². The van der Waals surface area contributed by atoms with Gasteiger partial charge in [0.05, 0.1) is 12.3 Å². The SMILES string of the molecule is CCOC(=O)CC[C@@H](C)NC(=O)c1cccc(OCc2cn3cc(C)ccc3n2)c1. The van der Waals surface area contributed by atoms with Crippen LogP contribution in [0.25, 0.3) is 5.65 Å². The summed E-state index contributed by atoms with van der Waals surface area (Å²) in [4.78, 5) is 28.5. The summed E-state index contributed by atoms with van der Waals surface area (Å²) in [5.74, 6) is 0.131. The van der Waals surface area contributed by atoms with Gasteiger partial charge >= 0.3 is 5.97 Å². The molecule has 0 aliphatic carbocycles. The third-order valence-corrected chi connectivity index (χ3v) is 4.60. The van der Waals surface area contributed by atoms with Crippen LogP contribution in [0.3, 0.4) is 0 Å². The first kappa shape index (κ1) is 21.4. The van der Waals surface area contributed by atoms with Gasteiger partial charge < -0.3 is 19.2 Å². The van der Waals surface area contributed by atoms with Crippen molar-refractivity contribution in [2.45, 2.75) is 46.3 Å². The van der Waals surface area contributed by atoms with Crippen molar-refractivity contribution >= 4 is 17.5 Å². The van der Waals surface area contributed by atoms with Gasteiger partial charge in [0.1, 0.15) is 18.0 Å². The van der Waals surface area contributed by atoms with Crippen LogP contribution in [-0.2, 0) is 16.1 Å². The molecule has 0 fully saturated rings. The second-order valence-electron chi connectivity index (χ2n) is 7.24. The Bertz CT molecular complexity index is 1030. The van der Waals surface area contributed by atoms with Crippen molar-refractivity contribution in [1.29, 1.82) is 0 Å². The fourth-order valence-electron chi connectivity index (χ4n) is 3.06. The number of aryl methyl sites for hydroxylation is 1. The van der Waals surface area contributed by atoms with Crippen molar-refractivity contribution < 1.29 is 19.1 Å². The second kappa shape index (κ2) is 9.91. The number of aromatic nitrogens is 2. The maximum absolute atomic E-state index is 12.5. The van der Waals surface area contributed by atoms with E-state index in [2.05, 4.69) is 10.3 Å². The molecule has 2 aromatic heterocycles. The smallest absolute Gasteiger partial charge is 0.305 e. The van der Waals surface area contributed by atoms with Gasteiger partial charge in [-0.1, -0.05) is 12.1 Å². The number of nitrogens with one attached hydrogen (secondary N) is 1. The minimum absolute atomic E-state index is 0.145. The lowest BCUT2D eigenvalue weighted by molar-refractivity contribution is -0.143. The van der Waals surface area contributed by atoms with E-state index >= 15 is 0 Å². The van der Waals surface area contributed by atoms with Crippen LogP contribution < -0.4 is 10.1 Å². The number of hydrogen-bond donors (Lipinski definition) is 1. The molecule has 3 rings (SSSR count). The van der Waals surface area contributed by atoms with Gasteiger partial charge in [0.15, 0.2) is 0 Å². The molecule has 0 unspecified atom stereocenters. The first-order valence-electron chi connectivity index (χ1n) is 10.1. The molecule has 0 radical (unpaired) electrons. The highest BCUT2D eigenvalue weighted by atomic mass is 16.5. The lowest BCUT2D eigenvalue weighted by Crippen LogP contribution is -2.33. The molecule has 7 heteroatoms. The average molecular weight is 409 g/mol. The molecule has 0 aliphatic heterocycles. The monoisotopic (exact) mass is 409 g/mol. The maximum atomic E-state index is 12.5. The standard InChI is InChI=1S/C23H27N3O4/c1-4-29-22(27)11-9-17(3)24-23(28)18-6-5-7-20(12-18)30-15-19-14-26-13-16(2)8-10-21(26)25-19/h5-8,10,12-14,17H,4,9,11,15H2,1-3H3,(H,24,28)/t17-/m1/s1. The molecule has 158 valence electrons. The quantitative estimate of drug-likeness (QED) is 0.545. The molecule has 2 heterocycles. The summed E-state index contributed by atoms with van der Waals surface area (Å²) in [7, 11) is 0. The second-order valence-corrected chi connectivity index (χ2v) is 7.24. The first-order chi connectivity index (χ1) is 14.4. The molecule has 1 N–H and O–H groups in total. The summed E-state index contributed by atoms with van der Waals surface area (Å²) in [6.45, 7) is 6.34. The van der Waals surface area contributed by atoms with E-state index in [1.54, 1.807) is 31.2 Å². The molecule has 0 saturated carbocycles. The molecule has 7 nitrogen and oxygen atoms in total. The molecule has 1 aromatic carbocycles. The zero-order valence-corrected chi connectivity index (χ0v) is 17.6. The van der Waals surface area contributed by atoms with E-state index in [1.807, 2.05) is 42.8 Å². The zero-order valence-electron chi connectivity index (χ0n) is 17.6. The fourth-order valence-corrected chi connectivity index (χ4v) is 3.06. The van der Waals surface area contributed by atoms with Crippen molar-refractivity contribution in [2.24, 2.45) is 0 Å². The molecule has 30 heavy (non-hydrogen) atoms. The van der Waals surface area contributed by atoms with E-state index in [0.29, 0.717) is 30.9 Å². The lowest BCUT2D eigenvalue weighted by Gasteiger charge is -2.14. The van der Waals surface area contributed by atoms with Crippen molar-refractivity contribution in [3.8, 4) is 5.75 Å². The van der Waals surface area contributed by atoms with E-state index in [1.165, 1.54) is 0 Å². The van der Waals surface area contributed by atoms with Crippen LogP contribution in [0.15, 0.2) is 48.8 Å². The predicted molar refractivity (Wildman–Crippen MR) is 113 cm³/mol. The molecule has 0 bridgehead atoms. The number of hydrogen-bond acceptors (Lipinski definition) is 5. The number of ether oxygens (including phenoxy) is 2. The molecule has 3 aromatic rings. The molecule has 0 saturated heterocycles.